The highest BCUT2D eigenvalue weighted by Gasteiger charge is 2.53. The van der Waals surface area contributed by atoms with Gasteiger partial charge in [-0.05, 0) is 68.1 Å². The van der Waals surface area contributed by atoms with Gasteiger partial charge in [0.1, 0.15) is 0 Å². The Labute approximate surface area is 108 Å². The van der Waals surface area contributed by atoms with Crippen LogP contribution in [0, 0.1) is 23.2 Å². The monoisotopic (exact) mass is 250 g/mol. The van der Waals surface area contributed by atoms with Gasteiger partial charge >= 0.3 is 5.97 Å². The summed E-state index contributed by atoms with van der Waals surface area (Å²) in [6, 6.07) is 0. The Morgan fingerprint density at radius 2 is 1.67 bits per heavy atom. The molecule has 100 valence electrons. The maximum Gasteiger partial charge on any atom is 0.327 e. The number of carboxylic acid groups (broad SMARTS) is 1. The Kier molecular flexibility index (Phi) is 2.97. The van der Waals surface area contributed by atoms with Crippen LogP contribution in [0.25, 0.3) is 0 Å². The smallest absolute Gasteiger partial charge is 0.327 e. The summed E-state index contributed by atoms with van der Waals surface area (Å²) in [4.78, 5) is 10.5. The quantitative estimate of drug-likeness (QED) is 0.754. The second kappa shape index (κ2) is 4.37. The van der Waals surface area contributed by atoms with Crippen LogP contribution in [0.5, 0.6) is 0 Å². The number of aliphatic hydroxyl groups excluding tert-OH is 1. The second-order valence-electron chi connectivity index (χ2n) is 6.77. The lowest BCUT2D eigenvalue weighted by molar-refractivity contribution is -0.131. The zero-order valence-corrected chi connectivity index (χ0v) is 10.7. The summed E-state index contributed by atoms with van der Waals surface area (Å²) in [6.07, 6.45) is 10.5. The van der Waals surface area contributed by atoms with Gasteiger partial charge < -0.3 is 10.2 Å². The van der Waals surface area contributed by atoms with E-state index >= 15 is 0 Å². The Balaban J connectivity index is 1.69. The van der Waals surface area contributed by atoms with Crippen LogP contribution in [0.4, 0.5) is 0 Å². The van der Waals surface area contributed by atoms with Crippen LogP contribution in [-0.2, 0) is 4.79 Å². The van der Waals surface area contributed by atoms with Gasteiger partial charge in [0.2, 0.25) is 0 Å². The van der Waals surface area contributed by atoms with Crippen LogP contribution in [0.15, 0.2) is 12.2 Å². The molecular formula is C15H22O3. The number of rotatable bonds is 4. The number of aliphatic hydroxyl groups is 1. The molecule has 2 N–H and O–H groups in total. The summed E-state index contributed by atoms with van der Waals surface area (Å²) in [7, 11) is 0. The molecule has 18 heavy (non-hydrogen) atoms. The summed E-state index contributed by atoms with van der Waals surface area (Å²) in [5.74, 6) is 1.56. The van der Waals surface area contributed by atoms with E-state index in [0.29, 0.717) is 6.42 Å². The molecule has 3 nitrogen and oxygen atoms in total. The predicted octanol–water partition coefficient (Wildman–Crippen LogP) is 2.59. The highest BCUT2D eigenvalue weighted by Crippen LogP contribution is 2.61. The standard InChI is InChI=1S/C15H22O3/c16-13(2-1-3-14(17)18)15-7-10-4-11(8-15)6-12(5-10)9-15/h1,3,10-13,16H,2,4-9H2,(H,17,18)/b3-1+. The van der Waals surface area contributed by atoms with Crippen LogP contribution >= 0.6 is 0 Å². The molecule has 0 spiro atoms. The van der Waals surface area contributed by atoms with E-state index in [-0.39, 0.29) is 11.5 Å². The largest absolute Gasteiger partial charge is 0.478 e. The molecule has 0 aromatic rings. The minimum absolute atomic E-state index is 0.109. The molecule has 4 rings (SSSR count). The third-order valence-electron chi connectivity index (χ3n) is 5.41. The summed E-state index contributed by atoms with van der Waals surface area (Å²) in [6.45, 7) is 0. The van der Waals surface area contributed by atoms with Gasteiger partial charge in [-0.2, -0.15) is 0 Å². The van der Waals surface area contributed by atoms with Crippen molar-refractivity contribution < 1.29 is 15.0 Å². The van der Waals surface area contributed by atoms with Crippen molar-refractivity contribution in [2.45, 2.75) is 51.0 Å². The fourth-order valence-corrected chi connectivity index (χ4v) is 5.13. The molecule has 3 heteroatoms. The first kappa shape index (κ1) is 12.2. The molecular weight excluding hydrogens is 228 g/mol. The van der Waals surface area contributed by atoms with E-state index in [0.717, 1.165) is 23.8 Å². The molecule has 4 aliphatic rings. The van der Waals surface area contributed by atoms with Crippen molar-refractivity contribution in [1.29, 1.82) is 0 Å². The first-order valence-corrected chi connectivity index (χ1v) is 7.15. The third kappa shape index (κ3) is 2.09. The highest BCUT2D eigenvalue weighted by molar-refractivity contribution is 5.79. The number of aliphatic carboxylic acids is 1. The summed E-state index contributed by atoms with van der Waals surface area (Å²) in [5, 5.41) is 19.1. The topological polar surface area (TPSA) is 57.5 Å². The van der Waals surface area contributed by atoms with Gasteiger partial charge in [-0.25, -0.2) is 4.79 Å². The molecule has 0 heterocycles. The lowest BCUT2D eigenvalue weighted by atomic mass is 9.48. The normalized spacial score (nSPS) is 43.5. The van der Waals surface area contributed by atoms with Gasteiger partial charge in [0.05, 0.1) is 6.10 Å². The van der Waals surface area contributed by atoms with Crippen molar-refractivity contribution in [3.8, 4) is 0 Å². The van der Waals surface area contributed by atoms with E-state index in [1.807, 2.05) is 0 Å². The number of carbonyl (C=O) groups is 1. The molecule has 1 unspecified atom stereocenters. The Morgan fingerprint density at radius 3 is 2.11 bits per heavy atom. The van der Waals surface area contributed by atoms with E-state index in [2.05, 4.69) is 0 Å². The average Bonchev–Trinajstić information content (AvgIpc) is 2.26. The minimum Gasteiger partial charge on any atom is -0.478 e. The first-order chi connectivity index (χ1) is 8.57. The fourth-order valence-electron chi connectivity index (χ4n) is 5.13. The maximum absolute atomic E-state index is 10.5. The molecule has 4 saturated carbocycles. The predicted molar refractivity (Wildman–Crippen MR) is 68.0 cm³/mol. The zero-order chi connectivity index (χ0) is 12.8. The first-order valence-electron chi connectivity index (χ1n) is 7.15. The lowest BCUT2D eigenvalue weighted by Crippen LogP contribution is -2.51. The van der Waals surface area contributed by atoms with E-state index in [4.69, 9.17) is 5.11 Å². The van der Waals surface area contributed by atoms with Crippen LogP contribution in [0.3, 0.4) is 0 Å². The molecule has 0 saturated heterocycles. The van der Waals surface area contributed by atoms with E-state index in [1.165, 1.54) is 38.5 Å². The third-order valence-corrected chi connectivity index (χ3v) is 5.41. The van der Waals surface area contributed by atoms with Crippen molar-refractivity contribution in [3.05, 3.63) is 12.2 Å². The van der Waals surface area contributed by atoms with Crippen LogP contribution in [-0.4, -0.2) is 22.3 Å². The Morgan fingerprint density at radius 1 is 1.17 bits per heavy atom. The van der Waals surface area contributed by atoms with Crippen molar-refractivity contribution in [1.82, 2.24) is 0 Å². The molecule has 4 fully saturated rings. The summed E-state index contributed by atoms with van der Waals surface area (Å²) < 4.78 is 0. The van der Waals surface area contributed by atoms with Gasteiger partial charge in [-0.15, -0.1) is 0 Å². The molecule has 0 amide bonds. The zero-order valence-electron chi connectivity index (χ0n) is 10.7. The summed E-state index contributed by atoms with van der Waals surface area (Å²) >= 11 is 0. The molecule has 0 aromatic carbocycles. The van der Waals surface area contributed by atoms with E-state index in [1.54, 1.807) is 6.08 Å². The molecule has 0 aliphatic heterocycles. The van der Waals surface area contributed by atoms with Gasteiger partial charge in [0.15, 0.2) is 0 Å². The molecule has 4 aliphatic carbocycles. The summed E-state index contributed by atoms with van der Waals surface area (Å²) in [5.41, 5.74) is 0.109. The number of hydrogen-bond acceptors (Lipinski definition) is 2. The number of hydrogen-bond donors (Lipinski definition) is 2. The Bertz CT molecular complexity index is 337. The van der Waals surface area contributed by atoms with Gasteiger partial charge in [0.25, 0.3) is 0 Å². The fraction of sp³-hybridized carbons (Fsp3) is 0.800. The minimum atomic E-state index is -0.923. The van der Waals surface area contributed by atoms with Crippen molar-refractivity contribution in [2.75, 3.05) is 0 Å². The van der Waals surface area contributed by atoms with Gasteiger partial charge in [0, 0.05) is 6.08 Å². The van der Waals surface area contributed by atoms with Gasteiger partial charge in [-0.1, -0.05) is 6.08 Å². The van der Waals surface area contributed by atoms with E-state index in [9.17, 15) is 9.90 Å². The molecule has 0 radical (unpaired) electrons. The number of carboxylic acids is 1. The Hall–Kier alpha value is -0.830. The van der Waals surface area contributed by atoms with Crippen LogP contribution < -0.4 is 0 Å². The lowest BCUT2D eigenvalue weighted by Gasteiger charge is -2.58. The van der Waals surface area contributed by atoms with Crippen molar-refractivity contribution in [3.63, 3.8) is 0 Å². The van der Waals surface area contributed by atoms with Gasteiger partial charge in [-0.3, -0.25) is 0 Å². The van der Waals surface area contributed by atoms with E-state index < -0.39 is 5.97 Å². The van der Waals surface area contributed by atoms with Crippen LogP contribution in [0.2, 0.25) is 0 Å². The average molecular weight is 250 g/mol. The van der Waals surface area contributed by atoms with Crippen molar-refractivity contribution in [2.24, 2.45) is 23.2 Å². The van der Waals surface area contributed by atoms with Crippen molar-refractivity contribution >= 4 is 5.97 Å². The maximum atomic E-state index is 10.5. The molecule has 0 aromatic heterocycles. The molecule has 4 bridgehead atoms. The van der Waals surface area contributed by atoms with Crippen LogP contribution in [0.1, 0.15) is 44.9 Å². The molecule has 1 atom stereocenters. The SMILES string of the molecule is O=C(O)/C=C/CC(O)C12CC3CC(CC(C3)C1)C2. The highest BCUT2D eigenvalue weighted by atomic mass is 16.4. The second-order valence-corrected chi connectivity index (χ2v) is 6.77.